The molecule has 1 rings (SSSR count). The second-order valence-corrected chi connectivity index (χ2v) is 4.34. The number of nitro benzene ring substituents is 1. The number of amides is 1. The molecular weight excluding hydrogens is 290 g/mol. The summed E-state index contributed by atoms with van der Waals surface area (Å²) < 4.78 is 0.571. The van der Waals surface area contributed by atoms with Gasteiger partial charge in [0.2, 0.25) is 5.91 Å². The molecule has 1 atom stereocenters. The van der Waals surface area contributed by atoms with Crippen molar-refractivity contribution in [1.29, 1.82) is 0 Å². The molecule has 0 bridgehead atoms. The van der Waals surface area contributed by atoms with E-state index in [2.05, 4.69) is 21.2 Å². The van der Waals surface area contributed by atoms with E-state index in [-0.39, 0.29) is 11.4 Å². The van der Waals surface area contributed by atoms with Crippen molar-refractivity contribution in [3.8, 4) is 0 Å². The summed E-state index contributed by atoms with van der Waals surface area (Å²) in [5, 5.41) is 13.2. The number of benzene rings is 1. The summed E-state index contributed by atoms with van der Waals surface area (Å²) in [5.41, 5.74) is 5.50. The van der Waals surface area contributed by atoms with Gasteiger partial charge >= 0.3 is 0 Å². The highest BCUT2D eigenvalue weighted by atomic mass is 79.9. The number of halogens is 1. The maximum atomic E-state index is 11.5. The number of anilines is 1. The number of hydrogen-bond donors (Lipinski definition) is 2. The first kappa shape index (κ1) is 13.6. The van der Waals surface area contributed by atoms with E-state index in [0.717, 1.165) is 0 Å². The largest absolute Gasteiger partial charge is 0.320 e. The van der Waals surface area contributed by atoms with E-state index in [1.807, 2.05) is 0 Å². The van der Waals surface area contributed by atoms with Crippen molar-refractivity contribution in [1.82, 2.24) is 0 Å². The summed E-state index contributed by atoms with van der Waals surface area (Å²) >= 11 is 3.13. The zero-order valence-corrected chi connectivity index (χ0v) is 10.7. The Kier molecular flexibility index (Phi) is 4.59. The van der Waals surface area contributed by atoms with Crippen LogP contribution in [0.25, 0.3) is 0 Å². The summed E-state index contributed by atoms with van der Waals surface area (Å²) in [5.74, 6) is -0.432. The number of carbonyl (C=O) groups excluding carboxylic acids is 1. The summed E-state index contributed by atoms with van der Waals surface area (Å²) in [6.45, 7) is 1.76. The van der Waals surface area contributed by atoms with Crippen molar-refractivity contribution in [2.45, 2.75) is 19.4 Å². The number of nitrogens with zero attached hydrogens (tertiary/aromatic N) is 1. The van der Waals surface area contributed by atoms with Crippen LogP contribution in [0.2, 0.25) is 0 Å². The van der Waals surface area contributed by atoms with Crippen molar-refractivity contribution in [2.75, 3.05) is 5.32 Å². The van der Waals surface area contributed by atoms with Crippen LogP contribution >= 0.6 is 15.9 Å². The predicted octanol–water partition coefficient (Wildman–Crippen LogP) is 2.03. The van der Waals surface area contributed by atoms with E-state index in [1.54, 1.807) is 13.0 Å². The number of carbonyl (C=O) groups is 1. The second kappa shape index (κ2) is 5.74. The molecule has 0 aliphatic rings. The second-order valence-electron chi connectivity index (χ2n) is 3.42. The molecule has 0 radical (unpaired) electrons. The van der Waals surface area contributed by atoms with Gasteiger partial charge in [-0.15, -0.1) is 0 Å². The van der Waals surface area contributed by atoms with Crippen LogP contribution in [0.15, 0.2) is 22.7 Å². The average molecular weight is 302 g/mol. The molecule has 0 aliphatic heterocycles. The summed E-state index contributed by atoms with van der Waals surface area (Å²) in [6, 6.07) is 3.73. The molecule has 92 valence electrons. The van der Waals surface area contributed by atoms with Gasteiger partial charge in [-0.3, -0.25) is 14.9 Å². The molecule has 1 aromatic rings. The molecule has 0 fully saturated rings. The quantitative estimate of drug-likeness (QED) is 0.656. The van der Waals surface area contributed by atoms with Gasteiger partial charge in [-0.2, -0.15) is 0 Å². The maximum absolute atomic E-state index is 11.5. The number of nitrogens with two attached hydrogens (primary N) is 1. The van der Waals surface area contributed by atoms with Gasteiger partial charge in [-0.25, -0.2) is 0 Å². The van der Waals surface area contributed by atoms with E-state index in [9.17, 15) is 14.9 Å². The Labute approximate surface area is 106 Å². The van der Waals surface area contributed by atoms with Gasteiger partial charge in [0.1, 0.15) is 5.69 Å². The lowest BCUT2D eigenvalue weighted by molar-refractivity contribution is -0.384. The average Bonchev–Trinajstić information content (AvgIpc) is 2.29. The molecule has 0 aliphatic carbocycles. The Bertz CT molecular complexity index is 450. The molecule has 0 saturated heterocycles. The number of nitrogens with one attached hydrogen (secondary N) is 1. The fraction of sp³-hybridized carbons (Fsp3) is 0.300. The lowest BCUT2D eigenvalue weighted by atomic mass is 10.2. The zero-order chi connectivity index (χ0) is 13.0. The third kappa shape index (κ3) is 3.50. The summed E-state index contributed by atoms with van der Waals surface area (Å²) in [4.78, 5) is 21.8. The maximum Gasteiger partial charge on any atom is 0.293 e. The standard InChI is InChI=1S/C10H12BrN3O3/c1-2-7(12)10(15)13-8-4-3-6(11)5-9(8)14(16)17/h3-5,7H,2,12H2,1H3,(H,13,15)/t7-/m0/s1. The van der Waals surface area contributed by atoms with E-state index < -0.39 is 16.9 Å². The fourth-order valence-electron chi connectivity index (χ4n) is 1.17. The third-order valence-electron chi connectivity index (χ3n) is 2.19. The molecule has 0 aromatic heterocycles. The van der Waals surface area contributed by atoms with Crippen molar-refractivity contribution < 1.29 is 9.72 Å². The Balaban J connectivity index is 2.98. The van der Waals surface area contributed by atoms with Crippen molar-refractivity contribution in [3.63, 3.8) is 0 Å². The molecule has 6 nitrogen and oxygen atoms in total. The summed E-state index contributed by atoms with van der Waals surface area (Å²) in [6.07, 6.45) is 0.468. The Hall–Kier alpha value is -1.47. The number of nitro groups is 1. The minimum absolute atomic E-state index is 0.145. The highest BCUT2D eigenvalue weighted by Gasteiger charge is 2.18. The highest BCUT2D eigenvalue weighted by Crippen LogP contribution is 2.27. The molecule has 0 heterocycles. The van der Waals surface area contributed by atoms with E-state index >= 15 is 0 Å². The lowest BCUT2D eigenvalue weighted by Gasteiger charge is -2.10. The van der Waals surface area contributed by atoms with E-state index in [4.69, 9.17) is 5.73 Å². The summed E-state index contributed by atoms with van der Waals surface area (Å²) in [7, 11) is 0. The first-order valence-corrected chi connectivity index (χ1v) is 5.75. The van der Waals surface area contributed by atoms with Crippen LogP contribution in [0, 0.1) is 10.1 Å². The van der Waals surface area contributed by atoms with Crippen LogP contribution in [0.4, 0.5) is 11.4 Å². The highest BCUT2D eigenvalue weighted by molar-refractivity contribution is 9.10. The molecule has 3 N–H and O–H groups in total. The van der Waals surface area contributed by atoms with Gasteiger partial charge in [0.25, 0.3) is 5.69 Å². The van der Waals surface area contributed by atoms with E-state index in [1.165, 1.54) is 12.1 Å². The molecule has 0 saturated carbocycles. The minimum atomic E-state index is -0.668. The predicted molar refractivity (Wildman–Crippen MR) is 67.7 cm³/mol. The van der Waals surface area contributed by atoms with Crippen molar-refractivity contribution >= 4 is 33.2 Å². The molecular formula is C10H12BrN3O3. The van der Waals surface area contributed by atoms with Crippen molar-refractivity contribution in [3.05, 3.63) is 32.8 Å². The Morgan fingerprint density at radius 1 is 1.65 bits per heavy atom. The van der Waals surface area contributed by atoms with Gasteiger partial charge < -0.3 is 11.1 Å². The van der Waals surface area contributed by atoms with Gasteiger partial charge in [0.15, 0.2) is 0 Å². The van der Waals surface area contributed by atoms with E-state index in [0.29, 0.717) is 10.9 Å². The fourth-order valence-corrected chi connectivity index (χ4v) is 1.52. The van der Waals surface area contributed by atoms with Gasteiger partial charge in [-0.05, 0) is 18.6 Å². The van der Waals surface area contributed by atoms with Crippen LogP contribution in [0.5, 0.6) is 0 Å². The third-order valence-corrected chi connectivity index (χ3v) is 2.68. The minimum Gasteiger partial charge on any atom is -0.320 e. The van der Waals surface area contributed by atoms with Crippen LogP contribution in [0.1, 0.15) is 13.3 Å². The molecule has 1 amide bonds. The molecule has 7 heteroatoms. The van der Waals surface area contributed by atoms with Gasteiger partial charge in [-0.1, -0.05) is 22.9 Å². The monoisotopic (exact) mass is 301 g/mol. The van der Waals surface area contributed by atoms with Crippen molar-refractivity contribution in [2.24, 2.45) is 5.73 Å². The molecule has 0 spiro atoms. The number of hydrogen-bond acceptors (Lipinski definition) is 4. The molecule has 1 aromatic carbocycles. The zero-order valence-electron chi connectivity index (χ0n) is 9.14. The van der Waals surface area contributed by atoms with Gasteiger partial charge in [0, 0.05) is 10.5 Å². The lowest BCUT2D eigenvalue weighted by Crippen LogP contribution is -2.34. The van der Waals surface area contributed by atoms with Crippen LogP contribution < -0.4 is 11.1 Å². The molecule has 0 unspecified atom stereocenters. The van der Waals surface area contributed by atoms with Crippen LogP contribution in [0.3, 0.4) is 0 Å². The normalized spacial score (nSPS) is 11.9. The Morgan fingerprint density at radius 2 is 2.29 bits per heavy atom. The van der Waals surface area contributed by atoms with Crippen LogP contribution in [-0.2, 0) is 4.79 Å². The molecule has 17 heavy (non-hydrogen) atoms. The smallest absolute Gasteiger partial charge is 0.293 e. The topological polar surface area (TPSA) is 98.3 Å². The Morgan fingerprint density at radius 3 is 2.82 bits per heavy atom. The van der Waals surface area contributed by atoms with Gasteiger partial charge in [0.05, 0.1) is 11.0 Å². The SMILES string of the molecule is CC[C@H](N)C(=O)Nc1ccc(Br)cc1[N+](=O)[O-]. The first-order chi connectivity index (χ1) is 7.95. The first-order valence-electron chi connectivity index (χ1n) is 4.96. The van der Waals surface area contributed by atoms with Crippen LogP contribution in [-0.4, -0.2) is 16.9 Å². The number of rotatable bonds is 4.